The fourth-order valence-corrected chi connectivity index (χ4v) is 1.09. The van der Waals surface area contributed by atoms with Crippen molar-refractivity contribution >= 4 is 11.6 Å². The number of nitriles is 1. The molecular weight excluding hydrogens is 210 g/mol. The molecule has 0 aliphatic rings. The van der Waals surface area contributed by atoms with E-state index in [1.54, 1.807) is 0 Å². The van der Waals surface area contributed by atoms with Crippen LogP contribution in [-0.2, 0) is 0 Å². The third-order valence-corrected chi connectivity index (χ3v) is 1.84. The van der Waals surface area contributed by atoms with Gasteiger partial charge in [-0.15, -0.1) is 0 Å². The second-order valence-electron chi connectivity index (χ2n) is 2.97. The van der Waals surface area contributed by atoms with E-state index in [-0.39, 0.29) is 24.2 Å². The molecule has 0 aliphatic heterocycles. The molecule has 1 aromatic carbocycles. The first-order chi connectivity index (χ1) is 7.65. The number of hydrogen-bond donors (Lipinski definition) is 1. The van der Waals surface area contributed by atoms with Crippen molar-refractivity contribution in [2.45, 2.75) is 6.42 Å². The zero-order chi connectivity index (χ0) is 12.0. The molecule has 1 N–H and O–H groups in total. The highest BCUT2D eigenvalue weighted by atomic mass is 16.6. The smallest absolute Gasteiger partial charge is 0.270 e. The molecule has 82 valence electrons. The zero-order valence-corrected chi connectivity index (χ0v) is 8.34. The van der Waals surface area contributed by atoms with Crippen LogP contribution < -0.4 is 5.32 Å². The Morgan fingerprint density at radius 2 is 2.31 bits per heavy atom. The topological polar surface area (TPSA) is 96.0 Å². The number of rotatable bonds is 4. The van der Waals surface area contributed by atoms with Crippen LogP contribution in [0, 0.1) is 21.4 Å². The zero-order valence-electron chi connectivity index (χ0n) is 8.34. The molecule has 0 unspecified atom stereocenters. The SMILES string of the molecule is N#CCCNC(=O)c1cccc([N+](=O)[O-])c1. The molecule has 0 aromatic heterocycles. The van der Waals surface area contributed by atoms with Crippen LogP contribution in [0.15, 0.2) is 24.3 Å². The minimum atomic E-state index is -0.563. The van der Waals surface area contributed by atoms with E-state index in [1.165, 1.54) is 24.3 Å². The molecule has 0 radical (unpaired) electrons. The van der Waals surface area contributed by atoms with Crippen LogP contribution in [0.2, 0.25) is 0 Å². The molecule has 1 amide bonds. The average molecular weight is 219 g/mol. The molecule has 0 saturated carbocycles. The van der Waals surface area contributed by atoms with Crippen molar-refractivity contribution in [2.24, 2.45) is 0 Å². The van der Waals surface area contributed by atoms with Crippen molar-refractivity contribution < 1.29 is 9.72 Å². The lowest BCUT2D eigenvalue weighted by Crippen LogP contribution is -2.24. The number of carbonyl (C=O) groups excluding carboxylic acids is 1. The number of amides is 1. The van der Waals surface area contributed by atoms with Crippen LogP contribution >= 0.6 is 0 Å². The molecule has 16 heavy (non-hydrogen) atoms. The number of carbonyl (C=O) groups is 1. The summed E-state index contributed by atoms with van der Waals surface area (Å²) < 4.78 is 0. The van der Waals surface area contributed by atoms with Crippen LogP contribution in [0.4, 0.5) is 5.69 Å². The molecule has 0 spiro atoms. The monoisotopic (exact) mass is 219 g/mol. The molecular formula is C10H9N3O3. The first-order valence-corrected chi connectivity index (χ1v) is 4.54. The van der Waals surface area contributed by atoms with Gasteiger partial charge in [0.25, 0.3) is 11.6 Å². The second kappa shape index (κ2) is 5.46. The van der Waals surface area contributed by atoms with E-state index in [4.69, 9.17) is 5.26 Å². The molecule has 1 rings (SSSR count). The predicted molar refractivity (Wildman–Crippen MR) is 55.7 cm³/mol. The standard InChI is InChI=1S/C10H9N3O3/c11-5-2-6-12-10(14)8-3-1-4-9(7-8)13(15)16/h1,3-4,7H,2,6H2,(H,12,14). The average Bonchev–Trinajstić information content (AvgIpc) is 2.29. The Kier molecular flexibility index (Phi) is 3.98. The Morgan fingerprint density at radius 1 is 1.56 bits per heavy atom. The van der Waals surface area contributed by atoms with Crippen molar-refractivity contribution in [1.29, 1.82) is 5.26 Å². The van der Waals surface area contributed by atoms with E-state index in [0.717, 1.165) is 0 Å². The summed E-state index contributed by atoms with van der Waals surface area (Å²) in [6.07, 6.45) is 0.209. The van der Waals surface area contributed by atoms with Gasteiger partial charge in [0.2, 0.25) is 0 Å². The summed E-state index contributed by atoms with van der Waals surface area (Å²) >= 11 is 0. The van der Waals surface area contributed by atoms with Crippen LogP contribution in [0.5, 0.6) is 0 Å². The first-order valence-electron chi connectivity index (χ1n) is 4.54. The number of hydrogen-bond acceptors (Lipinski definition) is 4. The van der Waals surface area contributed by atoms with Gasteiger partial charge in [0.1, 0.15) is 0 Å². The molecule has 1 aromatic rings. The summed E-state index contributed by atoms with van der Waals surface area (Å²) in [5.41, 5.74) is 0.0834. The van der Waals surface area contributed by atoms with Gasteiger partial charge in [-0.25, -0.2) is 0 Å². The molecule has 0 saturated heterocycles. The lowest BCUT2D eigenvalue weighted by atomic mass is 10.2. The first kappa shape index (κ1) is 11.7. The maximum atomic E-state index is 11.5. The summed E-state index contributed by atoms with van der Waals surface area (Å²) in [6.45, 7) is 0.234. The van der Waals surface area contributed by atoms with Gasteiger partial charge < -0.3 is 5.32 Å². The molecule has 6 heteroatoms. The normalized spacial score (nSPS) is 9.19. The highest BCUT2D eigenvalue weighted by Crippen LogP contribution is 2.12. The maximum Gasteiger partial charge on any atom is 0.270 e. The lowest BCUT2D eigenvalue weighted by Gasteiger charge is -2.01. The Balaban J connectivity index is 2.73. The summed E-state index contributed by atoms with van der Waals surface area (Å²) in [4.78, 5) is 21.4. The van der Waals surface area contributed by atoms with Gasteiger partial charge in [0.15, 0.2) is 0 Å². The van der Waals surface area contributed by atoms with Gasteiger partial charge in [-0.3, -0.25) is 14.9 Å². The maximum absolute atomic E-state index is 11.5. The van der Waals surface area contributed by atoms with Gasteiger partial charge in [-0.2, -0.15) is 5.26 Å². The summed E-state index contributed by atoms with van der Waals surface area (Å²) in [6, 6.07) is 7.31. The lowest BCUT2D eigenvalue weighted by molar-refractivity contribution is -0.384. The van der Waals surface area contributed by atoms with Crippen LogP contribution in [0.1, 0.15) is 16.8 Å². The number of nitrogens with zero attached hydrogens (tertiary/aromatic N) is 2. The quantitative estimate of drug-likeness (QED) is 0.468. The Bertz CT molecular complexity index is 451. The Morgan fingerprint density at radius 3 is 2.94 bits per heavy atom. The van der Waals surface area contributed by atoms with Crippen molar-refractivity contribution in [3.63, 3.8) is 0 Å². The van der Waals surface area contributed by atoms with Gasteiger partial charge in [0, 0.05) is 24.2 Å². The Hall–Kier alpha value is -2.42. The number of nitro groups is 1. The number of benzene rings is 1. The van der Waals surface area contributed by atoms with Crippen LogP contribution in [0.25, 0.3) is 0 Å². The fourth-order valence-electron chi connectivity index (χ4n) is 1.09. The molecule has 0 atom stereocenters. The molecule has 6 nitrogen and oxygen atoms in total. The summed E-state index contributed by atoms with van der Waals surface area (Å²) in [5.74, 6) is -0.418. The van der Waals surface area contributed by atoms with Crippen molar-refractivity contribution in [2.75, 3.05) is 6.54 Å². The van der Waals surface area contributed by atoms with Crippen molar-refractivity contribution in [3.8, 4) is 6.07 Å². The van der Waals surface area contributed by atoms with Crippen molar-refractivity contribution in [3.05, 3.63) is 39.9 Å². The van der Waals surface area contributed by atoms with E-state index in [2.05, 4.69) is 5.32 Å². The van der Waals surface area contributed by atoms with Gasteiger partial charge in [0.05, 0.1) is 17.4 Å². The third-order valence-electron chi connectivity index (χ3n) is 1.84. The number of non-ortho nitro benzene ring substituents is 1. The summed E-state index contributed by atoms with van der Waals surface area (Å²) in [5, 5.41) is 21.2. The number of nitrogens with one attached hydrogen (secondary N) is 1. The van der Waals surface area contributed by atoms with Crippen LogP contribution in [0.3, 0.4) is 0 Å². The molecule has 0 bridgehead atoms. The molecule has 0 fully saturated rings. The second-order valence-corrected chi connectivity index (χ2v) is 2.97. The predicted octanol–water partition coefficient (Wildman–Crippen LogP) is 1.24. The van der Waals surface area contributed by atoms with Gasteiger partial charge in [-0.05, 0) is 6.07 Å². The minimum Gasteiger partial charge on any atom is -0.351 e. The van der Waals surface area contributed by atoms with E-state index in [0.29, 0.717) is 0 Å². The van der Waals surface area contributed by atoms with Gasteiger partial charge >= 0.3 is 0 Å². The van der Waals surface area contributed by atoms with Crippen molar-refractivity contribution in [1.82, 2.24) is 5.32 Å². The highest BCUT2D eigenvalue weighted by molar-refractivity contribution is 5.94. The summed E-state index contributed by atoms with van der Waals surface area (Å²) in [7, 11) is 0. The number of nitro benzene ring substituents is 1. The largest absolute Gasteiger partial charge is 0.351 e. The molecule has 0 aliphatic carbocycles. The van der Waals surface area contributed by atoms with E-state index < -0.39 is 10.8 Å². The van der Waals surface area contributed by atoms with Gasteiger partial charge in [-0.1, -0.05) is 6.07 Å². The van der Waals surface area contributed by atoms with E-state index >= 15 is 0 Å². The third kappa shape index (κ3) is 3.06. The Labute approximate surface area is 91.6 Å². The minimum absolute atomic E-state index is 0.132. The highest BCUT2D eigenvalue weighted by Gasteiger charge is 2.10. The van der Waals surface area contributed by atoms with Crippen LogP contribution in [-0.4, -0.2) is 17.4 Å². The fraction of sp³-hybridized carbons (Fsp3) is 0.200. The molecule has 0 heterocycles. The van der Waals surface area contributed by atoms with E-state index in [1.807, 2.05) is 6.07 Å². The van der Waals surface area contributed by atoms with E-state index in [9.17, 15) is 14.9 Å².